The van der Waals surface area contributed by atoms with Crippen LogP contribution in [-0.4, -0.2) is 20.5 Å². The van der Waals surface area contributed by atoms with Crippen LogP contribution in [0.2, 0.25) is 0 Å². The molecule has 1 heterocycles. The van der Waals surface area contributed by atoms with Gasteiger partial charge in [0.05, 0.1) is 23.2 Å². The summed E-state index contributed by atoms with van der Waals surface area (Å²) in [4.78, 5) is 4.10. The smallest absolute Gasteiger partial charge is 0.262 e. The number of ether oxygens (including phenoxy) is 1. The zero-order valence-electron chi connectivity index (χ0n) is 13.1. The lowest BCUT2D eigenvalue weighted by Gasteiger charge is -2.13. The van der Waals surface area contributed by atoms with Crippen LogP contribution < -0.4 is 9.46 Å². The fourth-order valence-corrected chi connectivity index (χ4v) is 3.74. The van der Waals surface area contributed by atoms with Crippen molar-refractivity contribution in [3.05, 3.63) is 60.0 Å². The van der Waals surface area contributed by atoms with Gasteiger partial charge in [-0.3, -0.25) is 9.71 Å². The number of aryl methyl sites for hydroxylation is 1. The lowest BCUT2D eigenvalue weighted by atomic mass is 10.2. The first-order valence-corrected chi connectivity index (χ1v) is 8.61. The Kier molecular flexibility index (Phi) is 4.11. The van der Waals surface area contributed by atoms with Gasteiger partial charge in [0.15, 0.2) is 0 Å². The van der Waals surface area contributed by atoms with Crippen molar-refractivity contribution in [1.82, 2.24) is 4.98 Å². The molecule has 7 heteroatoms. The Bertz CT molecular complexity index is 1020. The van der Waals surface area contributed by atoms with E-state index in [0.717, 1.165) is 11.5 Å². The van der Waals surface area contributed by atoms with Crippen molar-refractivity contribution in [2.45, 2.75) is 11.8 Å². The summed E-state index contributed by atoms with van der Waals surface area (Å²) in [6.07, 6.45) is 1.57. The molecule has 0 fully saturated rings. The molecule has 24 heavy (non-hydrogen) atoms. The van der Waals surface area contributed by atoms with Crippen LogP contribution in [0.1, 0.15) is 5.56 Å². The number of nitrogens with one attached hydrogen (secondary N) is 1. The van der Waals surface area contributed by atoms with E-state index >= 15 is 0 Å². The lowest BCUT2D eigenvalue weighted by molar-refractivity contribution is 0.415. The second-order valence-electron chi connectivity index (χ2n) is 5.27. The molecule has 3 rings (SSSR count). The first kappa shape index (κ1) is 16.2. The van der Waals surface area contributed by atoms with Gasteiger partial charge in [-0.1, -0.05) is 12.1 Å². The molecule has 3 aromatic rings. The highest BCUT2D eigenvalue weighted by molar-refractivity contribution is 7.92. The third kappa shape index (κ3) is 3.03. The molecule has 0 bridgehead atoms. The van der Waals surface area contributed by atoms with Crippen LogP contribution in [0.15, 0.2) is 53.6 Å². The molecular formula is C17H15FN2O3S. The summed E-state index contributed by atoms with van der Waals surface area (Å²) in [6, 6.07) is 10.5. The molecule has 1 aromatic heterocycles. The molecule has 0 aliphatic carbocycles. The molecular weight excluding hydrogens is 331 g/mol. The van der Waals surface area contributed by atoms with Crippen LogP contribution in [0.5, 0.6) is 5.75 Å². The van der Waals surface area contributed by atoms with E-state index in [1.807, 2.05) is 0 Å². The zero-order valence-corrected chi connectivity index (χ0v) is 13.9. The summed E-state index contributed by atoms with van der Waals surface area (Å²) >= 11 is 0. The maximum Gasteiger partial charge on any atom is 0.262 e. The predicted molar refractivity (Wildman–Crippen MR) is 90.2 cm³/mol. The quantitative estimate of drug-likeness (QED) is 0.785. The minimum atomic E-state index is -3.97. The van der Waals surface area contributed by atoms with Crippen LogP contribution in [0.3, 0.4) is 0 Å². The highest BCUT2D eigenvalue weighted by atomic mass is 32.2. The summed E-state index contributed by atoms with van der Waals surface area (Å²) in [5.41, 5.74) is 1.20. The number of methoxy groups -OCH3 is 1. The van der Waals surface area contributed by atoms with Gasteiger partial charge in [-0.15, -0.1) is 0 Å². The molecule has 0 saturated heterocycles. The van der Waals surface area contributed by atoms with Crippen LogP contribution in [0, 0.1) is 12.7 Å². The lowest BCUT2D eigenvalue weighted by Crippen LogP contribution is -2.15. The number of nitrogens with zero attached hydrogens (tertiary/aromatic N) is 1. The van der Waals surface area contributed by atoms with E-state index in [1.54, 1.807) is 37.4 Å². The molecule has 2 aromatic carbocycles. The second-order valence-corrected chi connectivity index (χ2v) is 6.92. The molecule has 0 amide bonds. The van der Waals surface area contributed by atoms with Gasteiger partial charge in [-0.05, 0) is 36.8 Å². The maximum absolute atomic E-state index is 13.5. The SMILES string of the molecule is COc1cc(NS(=O)(=O)c2cc(F)ccc2C)c2ncccc2c1. The molecule has 1 N–H and O–H groups in total. The third-order valence-electron chi connectivity index (χ3n) is 3.60. The number of sulfonamides is 1. The van der Waals surface area contributed by atoms with Gasteiger partial charge in [0, 0.05) is 17.6 Å². The maximum atomic E-state index is 13.5. The first-order valence-electron chi connectivity index (χ1n) is 7.12. The van der Waals surface area contributed by atoms with E-state index in [1.165, 1.54) is 19.2 Å². The van der Waals surface area contributed by atoms with Crippen molar-refractivity contribution in [3.8, 4) is 5.75 Å². The zero-order chi connectivity index (χ0) is 17.3. The fourth-order valence-electron chi connectivity index (χ4n) is 2.42. The average Bonchev–Trinajstić information content (AvgIpc) is 2.56. The van der Waals surface area contributed by atoms with Gasteiger partial charge >= 0.3 is 0 Å². The number of hydrogen-bond acceptors (Lipinski definition) is 4. The van der Waals surface area contributed by atoms with Crippen molar-refractivity contribution in [2.24, 2.45) is 0 Å². The Balaban J connectivity index is 2.13. The van der Waals surface area contributed by atoms with Crippen molar-refractivity contribution in [3.63, 3.8) is 0 Å². The standard InChI is InChI=1S/C17H15FN2O3S/c1-11-5-6-13(18)9-16(11)24(21,22)20-15-10-14(23-2)8-12-4-3-7-19-17(12)15/h3-10,20H,1-2H3. The summed E-state index contributed by atoms with van der Waals surface area (Å²) in [5, 5.41) is 0.727. The van der Waals surface area contributed by atoms with Crippen LogP contribution in [0.4, 0.5) is 10.1 Å². The third-order valence-corrected chi connectivity index (χ3v) is 5.11. The first-order chi connectivity index (χ1) is 11.4. The van der Waals surface area contributed by atoms with Crippen LogP contribution >= 0.6 is 0 Å². The van der Waals surface area contributed by atoms with Gasteiger partial charge in [0.25, 0.3) is 10.0 Å². The Morgan fingerprint density at radius 3 is 2.71 bits per heavy atom. The summed E-state index contributed by atoms with van der Waals surface area (Å²) < 4.78 is 46.5. The highest BCUT2D eigenvalue weighted by Crippen LogP contribution is 2.30. The molecule has 124 valence electrons. The molecule has 0 saturated carbocycles. The Labute approximate surface area is 139 Å². The van der Waals surface area contributed by atoms with Crippen molar-refractivity contribution >= 4 is 26.6 Å². The van der Waals surface area contributed by atoms with Gasteiger partial charge in [0.2, 0.25) is 0 Å². The van der Waals surface area contributed by atoms with E-state index in [-0.39, 0.29) is 10.6 Å². The summed E-state index contributed by atoms with van der Waals surface area (Å²) in [7, 11) is -2.48. The monoisotopic (exact) mass is 346 g/mol. The molecule has 5 nitrogen and oxygen atoms in total. The van der Waals surface area contributed by atoms with Crippen LogP contribution in [-0.2, 0) is 10.0 Å². The minimum Gasteiger partial charge on any atom is -0.497 e. The number of aromatic nitrogens is 1. The van der Waals surface area contributed by atoms with Crippen LogP contribution in [0.25, 0.3) is 10.9 Å². The average molecular weight is 346 g/mol. The number of benzene rings is 2. The molecule has 0 spiro atoms. The largest absolute Gasteiger partial charge is 0.497 e. The minimum absolute atomic E-state index is 0.116. The molecule has 0 aliphatic rings. The van der Waals surface area contributed by atoms with E-state index in [4.69, 9.17) is 4.74 Å². The summed E-state index contributed by atoms with van der Waals surface area (Å²) in [6.45, 7) is 1.61. The molecule has 0 aliphatic heterocycles. The number of anilines is 1. The van der Waals surface area contributed by atoms with E-state index in [2.05, 4.69) is 9.71 Å². The van der Waals surface area contributed by atoms with Crippen molar-refractivity contribution < 1.29 is 17.5 Å². The number of hydrogen-bond donors (Lipinski definition) is 1. The number of pyridine rings is 1. The van der Waals surface area contributed by atoms with E-state index in [9.17, 15) is 12.8 Å². The summed E-state index contributed by atoms with van der Waals surface area (Å²) in [5.74, 6) is -0.126. The number of fused-ring (bicyclic) bond motifs is 1. The van der Waals surface area contributed by atoms with Gasteiger partial charge < -0.3 is 4.74 Å². The Morgan fingerprint density at radius 1 is 1.17 bits per heavy atom. The second kappa shape index (κ2) is 6.09. The van der Waals surface area contributed by atoms with Crippen molar-refractivity contribution in [1.29, 1.82) is 0 Å². The number of halogens is 1. The van der Waals surface area contributed by atoms with Gasteiger partial charge in [0.1, 0.15) is 11.6 Å². The van der Waals surface area contributed by atoms with Gasteiger partial charge in [-0.25, -0.2) is 12.8 Å². The Morgan fingerprint density at radius 2 is 1.96 bits per heavy atom. The molecule has 0 unspecified atom stereocenters. The molecule has 0 atom stereocenters. The molecule has 0 radical (unpaired) electrons. The highest BCUT2D eigenvalue weighted by Gasteiger charge is 2.20. The Hall–Kier alpha value is -2.67. The van der Waals surface area contributed by atoms with Gasteiger partial charge in [-0.2, -0.15) is 0 Å². The van der Waals surface area contributed by atoms with Crippen molar-refractivity contribution in [2.75, 3.05) is 11.8 Å². The normalized spacial score (nSPS) is 11.5. The topological polar surface area (TPSA) is 68.3 Å². The fraction of sp³-hybridized carbons (Fsp3) is 0.118. The number of rotatable bonds is 4. The van der Waals surface area contributed by atoms with E-state index < -0.39 is 15.8 Å². The van der Waals surface area contributed by atoms with E-state index in [0.29, 0.717) is 16.8 Å². The predicted octanol–water partition coefficient (Wildman–Crippen LogP) is 3.49.